The number of para-hydroxylation sites is 1. The van der Waals surface area contributed by atoms with Crippen molar-refractivity contribution in [1.29, 1.82) is 10.5 Å². The van der Waals surface area contributed by atoms with Crippen molar-refractivity contribution in [3.05, 3.63) is 107 Å². The van der Waals surface area contributed by atoms with Crippen LogP contribution in [0.2, 0.25) is 0 Å². The lowest BCUT2D eigenvalue weighted by Gasteiger charge is -2.14. The van der Waals surface area contributed by atoms with E-state index in [1.54, 1.807) is 30.3 Å². The highest BCUT2D eigenvalue weighted by atomic mass is 16.5. The Labute approximate surface area is 181 Å². The normalized spacial score (nSPS) is 11.6. The maximum Gasteiger partial charge on any atom is 0.262 e. The molecule has 1 N–H and O–H groups in total. The number of benzene rings is 3. The van der Waals surface area contributed by atoms with Crippen molar-refractivity contribution in [2.45, 2.75) is 19.6 Å². The van der Waals surface area contributed by atoms with Crippen LogP contribution >= 0.6 is 0 Å². The smallest absolute Gasteiger partial charge is 0.262 e. The van der Waals surface area contributed by atoms with E-state index in [0.717, 1.165) is 11.1 Å². The largest absolute Gasteiger partial charge is 0.488 e. The molecule has 5 heteroatoms. The number of carbonyl (C=O) groups excluding carboxylic acids is 1. The number of nitrogens with one attached hydrogen (secondary N) is 1. The Hall–Kier alpha value is -4.35. The summed E-state index contributed by atoms with van der Waals surface area (Å²) in [6.07, 6.45) is 1.51. The van der Waals surface area contributed by atoms with E-state index in [-0.39, 0.29) is 18.2 Å². The molecule has 0 aromatic heterocycles. The number of hydrogen-bond acceptors (Lipinski definition) is 4. The number of nitrogens with zero attached hydrogens (tertiary/aromatic N) is 2. The van der Waals surface area contributed by atoms with Crippen LogP contribution in [-0.2, 0) is 11.4 Å². The van der Waals surface area contributed by atoms with E-state index in [9.17, 15) is 15.3 Å². The van der Waals surface area contributed by atoms with Gasteiger partial charge in [0.1, 0.15) is 24.0 Å². The van der Waals surface area contributed by atoms with Gasteiger partial charge in [-0.1, -0.05) is 66.7 Å². The van der Waals surface area contributed by atoms with Crippen molar-refractivity contribution in [3.8, 4) is 17.9 Å². The zero-order valence-electron chi connectivity index (χ0n) is 17.1. The zero-order chi connectivity index (χ0) is 22.1. The van der Waals surface area contributed by atoms with Crippen LogP contribution in [0, 0.1) is 22.7 Å². The minimum atomic E-state index is -0.455. The molecule has 0 saturated heterocycles. The quantitative estimate of drug-likeness (QED) is 0.445. The number of nitriles is 2. The Morgan fingerprint density at radius 2 is 1.68 bits per heavy atom. The molecule has 0 bridgehead atoms. The van der Waals surface area contributed by atoms with Gasteiger partial charge in [-0.05, 0) is 30.7 Å². The van der Waals surface area contributed by atoms with Crippen molar-refractivity contribution in [2.75, 3.05) is 0 Å². The number of carbonyl (C=O) groups is 1. The summed E-state index contributed by atoms with van der Waals surface area (Å²) in [4.78, 5) is 12.7. The fourth-order valence-electron chi connectivity index (χ4n) is 3.05. The third kappa shape index (κ3) is 5.59. The van der Waals surface area contributed by atoms with Gasteiger partial charge < -0.3 is 10.1 Å². The summed E-state index contributed by atoms with van der Waals surface area (Å²) in [5.74, 6) is 0.0652. The van der Waals surface area contributed by atoms with Crippen LogP contribution in [0.3, 0.4) is 0 Å². The number of rotatable bonds is 7. The molecular weight excluding hydrogens is 386 g/mol. The first-order chi connectivity index (χ1) is 15.1. The second-order valence-electron chi connectivity index (χ2n) is 6.87. The predicted octanol–water partition coefficient (Wildman–Crippen LogP) is 4.92. The van der Waals surface area contributed by atoms with Gasteiger partial charge in [0.05, 0.1) is 17.7 Å². The van der Waals surface area contributed by atoms with E-state index in [1.165, 1.54) is 6.08 Å². The van der Waals surface area contributed by atoms with Crippen molar-refractivity contribution < 1.29 is 9.53 Å². The van der Waals surface area contributed by atoms with Crippen LogP contribution < -0.4 is 10.1 Å². The van der Waals surface area contributed by atoms with Crippen molar-refractivity contribution in [3.63, 3.8) is 0 Å². The molecule has 5 nitrogen and oxygen atoms in total. The third-order valence-corrected chi connectivity index (χ3v) is 4.75. The standard InChI is InChI=1S/C26H21N3O2/c1-19(20-9-3-2-4-10-20)29-26(30)24(17-28)15-21-11-7-8-14-25(21)31-18-23-13-6-5-12-22(23)16-27/h2-15,19H,18H2,1H3,(H,29,30)/b24-15-/t19-/m1/s1. The molecule has 0 fully saturated rings. The molecule has 0 aliphatic heterocycles. The molecule has 0 aliphatic rings. The van der Waals surface area contributed by atoms with Gasteiger partial charge in [0.2, 0.25) is 0 Å². The Morgan fingerprint density at radius 3 is 2.42 bits per heavy atom. The van der Waals surface area contributed by atoms with Crippen LogP contribution in [0.1, 0.15) is 35.2 Å². The van der Waals surface area contributed by atoms with E-state index >= 15 is 0 Å². The molecule has 0 saturated carbocycles. The topological polar surface area (TPSA) is 85.9 Å². The molecule has 3 aromatic carbocycles. The molecule has 3 rings (SSSR count). The lowest BCUT2D eigenvalue weighted by molar-refractivity contribution is -0.117. The molecule has 0 unspecified atom stereocenters. The van der Waals surface area contributed by atoms with Crippen molar-refractivity contribution in [1.82, 2.24) is 5.32 Å². The van der Waals surface area contributed by atoms with E-state index in [1.807, 2.05) is 61.5 Å². The van der Waals surface area contributed by atoms with E-state index < -0.39 is 5.91 Å². The summed E-state index contributed by atoms with van der Waals surface area (Å²) in [6.45, 7) is 2.07. The highest BCUT2D eigenvalue weighted by molar-refractivity contribution is 6.02. The maximum atomic E-state index is 12.7. The SMILES string of the molecule is C[C@@H](NC(=O)/C(C#N)=C\c1ccccc1OCc1ccccc1C#N)c1ccccc1. The van der Waals surface area contributed by atoms with Gasteiger partial charge in [0, 0.05) is 11.1 Å². The average Bonchev–Trinajstić information content (AvgIpc) is 2.82. The first kappa shape index (κ1) is 21.4. The monoisotopic (exact) mass is 407 g/mol. The molecule has 0 spiro atoms. The minimum Gasteiger partial charge on any atom is -0.488 e. The lowest BCUT2D eigenvalue weighted by atomic mass is 10.1. The van der Waals surface area contributed by atoms with Crippen LogP contribution in [0.4, 0.5) is 0 Å². The second-order valence-corrected chi connectivity index (χ2v) is 6.87. The molecule has 1 amide bonds. The van der Waals surface area contributed by atoms with Gasteiger partial charge in [-0.25, -0.2) is 0 Å². The summed E-state index contributed by atoms with van der Waals surface area (Å²) in [5, 5.41) is 21.6. The van der Waals surface area contributed by atoms with Crippen LogP contribution in [0.15, 0.2) is 84.4 Å². The molecule has 0 aliphatic carbocycles. The number of hydrogen-bond donors (Lipinski definition) is 1. The molecule has 31 heavy (non-hydrogen) atoms. The van der Waals surface area contributed by atoms with E-state index in [4.69, 9.17) is 4.74 Å². The molecule has 152 valence electrons. The maximum absolute atomic E-state index is 12.7. The molecular formula is C26H21N3O2. The first-order valence-corrected chi connectivity index (χ1v) is 9.80. The predicted molar refractivity (Wildman–Crippen MR) is 119 cm³/mol. The van der Waals surface area contributed by atoms with Crippen LogP contribution in [0.5, 0.6) is 5.75 Å². The number of ether oxygens (including phenoxy) is 1. The third-order valence-electron chi connectivity index (χ3n) is 4.75. The number of amides is 1. The van der Waals surface area contributed by atoms with Gasteiger partial charge in [-0.3, -0.25) is 4.79 Å². The van der Waals surface area contributed by atoms with Crippen LogP contribution in [0.25, 0.3) is 6.08 Å². The first-order valence-electron chi connectivity index (χ1n) is 9.80. The highest BCUT2D eigenvalue weighted by Crippen LogP contribution is 2.23. The summed E-state index contributed by atoms with van der Waals surface area (Å²) in [6, 6.07) is 27.8. The molecule has 3 aromatic rings. The van der Waals surface area contributed by atoms with Gasteiger partial charge >= 0.3 is 0 Å². The summed E-state index contributed by atoms with van der Waals surface area (Å²) in [5.41, 5.74) is 2.85. The van der Waals surface area contributed by atoms with Gasteiger partial charge in [0.15, 0.2) is 0 Å². The molecule has 1 atom stereocenters. The average molecular weight is 407 g/mol. The second kappa shape index (κ2) is 10.4. The fraction of sp³-hybridized carbons (Fsp3) is 0.115. The Bertz CT molecular complexity index is 1170. The van der Waals surface area contributed by atoms with E-state index in [0.29, 0.717) is 16.9 Å². The molecule has 0 heterocycles. The van der Waals surface area contributed by atoms with E-state index in [2.05, 4.69) is 11.4 Å². The molecule has 0 radical (unpaired) electrons. The Morgan fingerprint density at radius 1 is 1.00 bits per heavy atom. The summed E-state index contributed by atoms with van der Waals surface area (Å²) in [7, 11) is 0. The van der Waals surface area contributed by atoms with Crippen molar-refractivity contribution >= 4 is 12.0 Å². The Kier molecular flexibility index (Phi) is 7.19. The highest BCUT2D eigenvalue weighted by Gasteiger charge is 2.15. The van der Waals surface area contributed by atoms with Gasteiger partial charge in [-0.2, -0.15) is 10.5 Å². The Balaban J connectivity index is 1.77. The fourth-order valence-corrected chi connectivity index (χ4v) is 3.05. The minimum absolute atomic E-state index is 0.0174. The van der Waals surface area contributed by atoms with Gasteiger partial charge in [0.25, 0.3) is 5.91 Å². The van der Waals surface area contributed by atoms with Gasteiger partial charge in [-0.15, -0.1) is 0 Å². The van der Waals surface area contributed by atoms with Crippen LogP contribution in [-0.4, -0.2) is 5.91 Å². The van der Waals surface area contributed by atoms with Crippen molar-refractivity contribution in [2.24, 2.45) is 0 Å². The summed E-state index contributed by atoms with van der Waals surface area (Å²) < 4.78 is 5.90. The zero-order valence-corrected chi connectivity index (χ0v) is 17.1. The lowest BCUT2D eigenvalue weighted by Crippen LogP contribution is -2.27. The summed E-state index contributed by atoms with van der Waals surface area (Å²) >= 11 is 0.